The second kappa shape index (κ2) is 3.05. The molecule has 0 unspecified atom stereocenters. The van der Waals surface area contributed by atoms with E-state index in [-0.39, 0.29) is 11.3 Å². The van der Waals surface area contributed by atoms with Gasteiger partial charge >= 0.3 is 0 Å². The van der Waals surface area contributed by atoms with Crippen LogP contribution in [0.2, 0.25) is 0 Å². The molecule has 1 aromatic heterocycles. The summed E-state index contributed by atoms with van der Waals surface area (Å²) in [5.41, 5.74) is 2.05. The summed E-state index contributed by atoms with van der Waals surface area (Å²) in [5, 5.41) is 13.6. The molecule has 0 fully saturated rings. The molecule has 0 atom stereocenters. The number of hydrogen-bond acceptors (Lipinski definition) is 2. The van der Waals surface area contributed by atoms with E-state index in [4.69, 9.17) is 0 Å². The number of aryl methyl sites for hydroxylation is 1. The lowest BCUT2D eigenvalue weighted by molar-refractivity contribution is 0.433. The van der Waals surface area contributed by atoms with Crippen molar-refractivity contribution in [1.29, 1.82) is 0 Å². The van der Waals surface area contributed by atoms with Gasteiger partial charge in [-0.15, -0.1) is 5.10 Å². The largest absolute Gasteiger partial charge is 0.492 e. The van der Waals surface area contributed by atoms with Crippen LogP contribution in [0.5, 0.6) is 5.88 Å². The number of nitrogens with zero attached hydrogens (tertiary/aromatic N) is 2. The molecule has 0 saturated carbocycles. The van der Waals surface area contributed by atoms with Crippen molar-refractivity contribution in [2.24, 2.45) is 0 Å². The van der Waals surface area contributed by atoms with Crippen molar-refractivity contribution in [1.82, 2.24) is 9.78 Å². The Hall–Kier alpha value is -0.990. The van der Waals surface area contributed by atoms with Gasteiger partial charge in [0.15, 0.2) is 0 Å². The maximum atomic E-state index is 9.48. The molecule has 1 heterocycles. The third-order valence-electron chi connectivity index (χ3n) is 2.17. The van der Waals surface area contributed by atoms with Crippen molar-refractivity contribution in [3.8, 4) is 5.88 Å². The molecule has 3 nitrogen and oxygen atoms in total. The van der Waals surface area contributed by atoms with Gasteiger partial charge in [0.25, 0.3) is 0 Å². The van der Waals surface area contributed by atoms with Gasteiger partial charge in [0.05, 0.1) is 5.69 Å². The normalized spacial score (nSPS) is 12.1. The number of rotatable bonds is 1. The zero-order valence-electron chi connectivity index (χ0n) is 9.05. The monoisotopic (exact) mass is 182 g/mol. The molecule has 0 spiro atoms. The second-order valence-electron chi connectivity index (χ2n) is 4.36. The third-order valence-corrected chi connectivity index (χ3v) is 2.17. The van der Waals surface area contributed by atoms with Gasteiger partial charge in [-0.1, -0.05) is 20.8 Å². The molecule has 3 heteroatoms. The van der Waals surface area contributed by atoms with E-state index in [0.717, 1.165) is 17.8 Å². The summed E-state index contributed by atoms with van der Waals surface area (Å²) in [6.07, 6.45) is 0. The molecule has 0 aliphatic heterocycles. The Morgan fingerprint density at radius 1 is 1.38 bits per heavy atom. The summed E-state index contributed by atoms with van der Waals surface area (Å²) in [6.45, 7) is 11.1. The summed E-state index contributed by atoms with van der Waals surface area (Å²) in [6, 6.07) is 0. The summed E-state index contributed by atoms with van der Waals surface area (Å²) in [5.74, 6) is 0.159. The van der Waals surface area contributed by atoms with Crippen LogP contribution in [-0.4, -0.2) is 14.9 Å². The van der Waals surface area contributed by atoms with Gasteiger partial charge in [0.2, 0.25) is 5.88 Å². The van der Waals surface area contributed by atoms with E-state index in [0.29, 0.717) is 0 Å². The van der Waals surface area contributed by atoms with Crippen LogP contribution < -0.4 is 0 Å². The van der Waals surface area contributed by atoms with E-state index in [1.165, 1.54) is 0 Å². The standard InChI is InChI=1S/C10H18N2O/c1-6-12-8(10(3,4)5)7(2)9(13)11-12/h6H2,1-5H3,(H,11,13). The summed E-state index contributed by atoms with van der Waals surface area (Å²) < 4.78 is 1.87. The van der Waals surface area contributed by atoms with E-state index in [2.05, 4.69) is 25.9 Å². The lowest BCUT2D eigenvalue weighted by Crippen LogP contribution is -2.19. The Labute approximate surface area is 79.4 Å². The van der Waals surface area contributed by atoms with Gasteiger partial charge in [-0.25, -0.2) is 0 Å². The summed E-state index contributed by atoms with van der Waals surface area (Å²) in [4.78, 5) is 0. The van der Waals surface area contributed by atoms with Crippen LogP contribution in [0, 0.1) is 6.92 Å². The average Bonchev–Trinajstić information content (AvgIpc) is 2.26. The fourth-order valence-electron chi connectivity index (χ4n) is 1.72. The Balaban J connectivity index is 3.33. The maximum Gasteiger partial charge on any atom is 0.233 e. The van der Waals surface area contributed by atoms with Gasteiger partial charge in [-0.2, -0.15) is 0 Å². The molecule has 0 radical (unpaired) electrons. The first kappa shape index (κ1) is 10.1. The first-order chi connectivity index (χ1) is 5.88. The molecule has 1 rings (SSSR count). The highest BCUT2D eigenvalue weighted by Gasteiger charge is 2.24. The minimum absolute atomic E-state index is 0.0358. The van der Waals surface area contributed by atoms with Crippen LogP contribution >= 0.6 is 0 Å². The molecule has 1 N–H and O–H groups in total. The zero-order chi connectivity index (χ0) is 10.2. The number of aromatic nitrogens is 2. The fourth-order valence-corrected chi connectivity index (χ4v) is 1.72. The van der Waals surface area contributed by atoms with Gasteiger partial charge in [0.1, 0.15) is 0 Å². The number of hydrogen-bond donors (Lipinski definition) is 1. The third kappa shape index (κ3) is 1.69. The molecular formula is C10H18N2O. The Morgan fingerprint density at radius 2 is 1.92 bits per heavy atom. The van der Waals surface area contributed by atoms with Crippen molar-refractivity contribution < 1.29 is 5.11 Å². The highest BCUT2D eigenvalue weighted by molar-refractivity contribution is 5.33. The predicted octanol–water partition coefficient (Wildman–Crippen LogP) is 2.21. The first-order valence-corrected chi connectivity index (χ1v) is 4.64. The molecular weight excluding hydrogens is 164 g/mol. The van der Waals surface area contributed by atoms with Crippen molar-refractivity contribution in [2.75, 3.05) is 0 Å². The maximum absolute atomic E-state index is 9.48. The van der Waals surface area contributed by atoms with Crippen molar-refractivity contribution in [3.05, 3.63) is 11.3 Å². The van der Waals surface area contributed by atoms with Crippen LogP contribution in [-0.2, 0) is 12.0 Å². The molecule has 0 aliphatic carbocycles. The van der Waals surface area contributed by atoms with Crippen LogP contribution in [0.25, 0.3) is 0 Å². The van der Waals surface area contributed by atoms with Crippen molar-refractivity contribution in [3.63, 3.8) is 0 Å². The highest BCUT2D eigenvalue weighted by Crippen LogP contribution is 2.30. The number of aromatic hydroxyl groups is 1. The molecule has 1 aromatic rings. The minimum Gasteiger partial charge on any atom is -0.492 e. The molecule has 0 aromatic carbocycles. The van der Waals surface area contributed by atoms with Gasteiger partial charge in [-0.05, 0) is 13.8 Å². The van der Waals surface area contributed by atoms with Gasteiger partial charge in [-0.3, -0.25) is 4.68 Å². The minimum atomic E-state index is 0.0358. The highest BCUT2D eigenvalue weighted by atomic mass is 16.3. The summed E-state index contributed by atoms with van der Waals surface area (Å²) in [7, 11) is 0. The lowest BCUT2D eigenvalue weighted by atomic mass is 9.89. The fraction of sp³-hybridized carbons (Fsp3) is 0.700. The molecule has 0 amide bonds. The lowest BCUT2D eigenvalue weighted by Gasteiger charge is -2.20. The Morgan fingerprint density at radius 3 is 2.23 bits per heavy atom. The Bertz CT molecular complexity index is 307. The topological polar surface area (TPSA) is 38.0 Å². The van der Waals surface area contributed by atoms with Crippen LogP contribution in [0.3, 0.4) is 0 Å². The first-order valence-electron chi connectivity index (χ1n) is 4.64. The van der Waals surface area contributed by atoms with E-state index >= 15 is 0 Å². The van der Waals surface area contributed by atoms with E-state index in [1.807, 2.05) is 18.5 Å². The van der Waals surface area contributed by atoms with Gasteiger partial charge < -0.3 is 5.11 Å². The van der Waals surface area contributed by atoms with E-state index in [1.54, 1.807) is 0 Å². The second-order valence-corrected chi connectivity index (χ2v) is 4.36. The SMILES string of the molecule is CCn1nc(O)c(C)c1C(C)(C)C. The van der Waals surface area contributed by atoms with Crippen LogP contribution in [0.1, 0.15) is 39.0 Å². The average molecular weight is 182 g/mol. The Kier molecular flexibility index (Phi) is 2.37. The van der Waals surface area contributed by atoms with E-state index in [9.17, 15) is 5.11 Å². The van der Waals surface area contributed by atoms with E-state index < -0.39 is 0 Å². The molecule has 0 saturated heterocycles. The molecule has 0 bridgehead atoms. The smallest absolute Gasteiger partial charge is 0.233 e. The molecule has 0 aliphatic rings. The zero-order valence-corrected chi connectivity index (χ0v) is 9.05. The molecule has 13 heavy (non-hydrogen) atoms. The van der Waals surface area contributed by atoms with Crippen molar-refractivity contribution in [2.45, 2.75) is 46.6 Å². The van der Waals surface area contributed by atoms with Crippen molar-refractivity contribution >= 4 is 0 Å². The van der Waals surface area contributed by atoms with Gasteiger partial charge in [0, 0.05) is 17.5 Å². The summed E-state index contributed by atoms with van der Waals surface area (Å²) >= 11 is 0. The quantitative estimate of drug-likeness (QED) is 0.723. The van der Waals surface area contributed by atoms with Crippen LogP contribution in [0.15, 0.2) is 0 Å². The predicted molar refractivity (Wildman–Crippen MR) is 53.0 cm³/mol. The van der Waals surface area contributed by atoms with Crippen LogP contribution in [0.4, 0.5) is 0 Å². The molecule has 74 valence electrons.